The van der Waals surface area contributed by atoms with Gasteiger partial charge >= 0.3 is 0 Å². The quantitative estimate of drug-likeness (QED) is 0.261. The average molecular weight is 487 g/mol. The summed E-state index contributed by atoms with van der Waals surface area (Å²) in [5, 5.41) is 5.10. The first-order valence-corrected chi connectivity index (χ1v) is 13.7. The second-order valence-corrected chi connectivity index (χ2v) is 10.2. The number of aryl methyl sites for hydroxylation is 3. The number of methoxy groups -OCH3 is 1. The Morgan fingerprint density at radius 3 is 2.57 bits per heavy atom. The smallest absolute Gasteiger partial charge is 0.165 e. The highest BCUT2D eigenvalue weighted by atomic mass is 32.2. The van der Waals surface area contributed by atoms with Gasteiger partial charge in [-0.1, -0.05) is 25.1 Å². The van der Waals surface area contributed by atoms with Gasteiger partial charge < -0.3 is 9.64 Å². The molecular weight excluding hydrogens is 452 g/mol. The van der Waals surface area contributed by atoms with Crippen molar-refractivity contribution in [2.45, 2.75) is 57.9 Å². The average Bonchev–Trinajstić information content (AvgIpc) is 3.46. The molecule has 4 aromatic rings. The van der Waals surface area contributed by atoms with Gasteiger partial charge in [-0.25, -0.2) is 4.98 Å². The second-order valence-electron chi connectivity index (χ2n) is 9.36. The van der Waals surface area contributed by atoms with E-state index in [0.717, 1.165) is 61.4 Å². The molecule has 0 fully saturated rings. The minimum atomic E-state index is 0.865. The molecule has 35 heavy (non-hydrogen) atoms. The van der Waals surface area contributed by atoms with Crippen LogP contribution < -0.4 is 9.64 Å². The van der Waals surface area contributed by atoms with Crippen LogP contribution in [0, 0.1) is 13.8 Å². The maximum atomic E-state index is 5.45. The van der Waals surface area contributed by atoms with Gasteiger partial charge in [0.15, 0.2) is 5.65 Å². The van der Waals surface area contributed by atoms with Gasteiger partial charge in [-0.3, -0.25) is 0 Å². The second kappa shape index (κ2) is 9.94. The fourth-order valence-corrected chi connectivity index (χ4v) is 5.69. The Bertz CT molecular complexity index is 1360. The van der Waals surface area contributed by atoms with Crippen LogP contribution in [-0.4, -0.2) is 34.5 Å². The minimum Gasteiger partial charge on any atom is -0.497 e. The summed E-state index contributed by atoms with van der Waals surface area (Å²) in [6.45, 7) is 8.34. The lowest BCUT2D eigenvalue weighted by atomic mass is 10.0. The van der Waals surface area contributed by atoms with E-state index < -0.39 is 0 Å². The monoisotopic (exact) mass is 486 g/mol. The summed E-state index contributed by atoms with van der Waals surface area (Å²) >= 11 is 1.78. The highest BCUT2D eigenvalue weighted by Gasteiger charge is 2.27. The molecule has 0 atom stereocenters. The molecule has 2 heterocycles. The summed E-state index contributed by atoms with van der Waals surface area (Å²) in [5.74, 6) is 2.09. The van der Waals surface area contributed by atoms with Crippen LogP contribution in [0.5, 0.6) is 5.75 Å². The normalized spacial score (nSPS) is 12.8. The van der Waals surface area contributed by atoms with Crippen molar-refractivity contribution in [3.63, 3.8) is 0 Å². The molecule has 2 aromatic heterocycles. The summed E-state index contributed by atoms with van der Waals surface area (Å²) in [6, 6.07) is 15.2. The van der Waals surface area contributed by atoms with Crippen LogP contribution in [0.2, 0.25) is 0 Å². The van der Waals surface area contributed by atoms with Crippen LogP contribution in [0.15, 0.2) is 47.4 Å². The molecule has 182 valence electrons. The van der Waals surface area contributed by atoms with E-state index >= 15 is 0 Å². The molecule has 0 N–H and O–H groups in total. The van der Waals surface area contributed by atoms with Crippen LogP contribution in [0.1, 0.15) is 47.8 Å². The van der Waals surface area contributed by atoms with Gasteiger partial charge in [0.1, 0.15) is 11.6 Å². The predicted octanol–water partition coefficient (Wildman–Crippen LogP) is 6.65. The lowest BCUT2D eigenvalue weighted by Crippen LogP contribution is -2.27. The molecule has 6 heteroatoms. The minimum absolute atomic E-state index is 0.865. The third kappa shape index (κ3) is 4.40. The van der Waals surface area contributed by atoms with Crippen molar-refractivity contribution < 1.29 is 4.74 Å². The zero-order valence-corrected chi connectivity index (χ0v) is 22.2. The number of thioether (sulfide) groups is 1. The number of anilines is 1. The number of nitrogens with zero attached hydrogens (tertiary/aromatic N) is 4. The Morgan fingerprint density at radius 1 is 1.09 bits per heavy atom. The van der Waals surface area contributed by atoms with Gasteiger partial charge in [-0.15, -0.1) is 11.8 Å². The Kier molecular flexibility index (Phi) is 6.74. The molecule has 0 aliphatic heterocycles. The predicted molar refractivity (Wildman–Crippen MR) is 146 cm³/mol. The Hall–Kier alpha value is -2.99. The van der Waals surface area contributed by atoms with Crippen LogP contribution in [0.25, 0.3) is 16.8 Å². The molecule has 1 aliphatic carbocycles. The van der Waals surface area contributed by atoms with Crippen molar-refractivity contribution in [3.8, 4) is 16.9 Å². The van der Waals surface area contributed by atoms with Gasteiger partial charge in [0.25, 0.3) is 0 Å². The topological polar surface area (TPSA) is 42.7 Å². The lowest BCUT2D eigenvalue weighted by molar-refractivity contribution is 0.414. The largest absolute Gasteiger partial charge is 0.497 e. The molecule has 2 aromatic carbocycles. The van der Waals surface area contributed by atoms with Crippen molar-refractivity contribution in [1.29, 1.82) is 0 Å². The molecule has 5 rings (SSSR count). The fraction of sp³-hybridized carbons (Fsp3) is 0.379. The molecule has 0 radical (unpaired) electrons. The maximum absolute atomic E-state index is 5.45. The van der Waals surface area contributed by atoms with Crippen molar-refractivity contribution in [2.75, 3.05) is 24.8 Å². The van der Waals surface area contributed by atoms with Crippen molar-refractivity contribution >= 4 is 23.2 Å². The molecule has 0 bridgehead atoms. The summed E-state index contributed by atoms with van der Waals surface area (Å²) in [4.78, 5) is 9.02. The number of fused-ring (bicyclic) bond motifs is 2. The van der Waals surface area contributed by atoms with E-state index in [-0.39, 0.29) is 0 Å². The van der Waals surface area contributed by atoms with E-state index in [1.165, 1.54) is 38.7 Å². The lowest BCUT2D eigenvalue weighted by Gasteiger charge is -2.27. The van der Waals surface area contributed by atoms with Gasteiger partial charge in [0.05, 0.1) is 12.8 Å². The van der Waals surface area contributed by atoms with Gasteiger partial charge in [0.2, 0.25) is 0 Å². The molecule has 5 nitrogen and oxygen atoms in total. The van der Waals surface area contributed by atoms with E-state index in [1.54, 1.807) is 18.9 Å². The maximum Gasteiger partial charge on any atom is 0.165 e. The first-order valence-electron chi connectivity index (χ1n) is 12.5. The number of hydrogen-bond donors (Lipinski definition) is 0. The fourth-order valence-electron chi connectivity index (χ4n) is 5.28. The van der Waals surface area contributed by atoms with Crippen molar-refractivity contribution in [1.82, 2.24) is 14.6 Å². The summed E-state index contributed by atoms with van der Waals surface area (Å²) in [7, 11) is 1.71. The highest BCUT2D eigenvalue weighted by molar-refractivity contribution is 7.98. The number of aromatic nitrogens is 3. The molecule has 0 saturated heterocycles. The number of ether oxygens (including phenoxy) is 1. The Labute approximate surface area is 212 Å². The molecule has 0 unspecified atom stereocenters. The zero-order chi connectivity index (χ0) is 24.5. The van der Waals surface area contributed by atoms with E-state index in [0.29, 0.717) is 0 Å². The standard InChI is InChI=1S/C29H34N4OS/c1-6-16-32(18-21-10-13-23(35-5)14-11-21)29-25-8-7-9-26(25)30-28-27(20(3)31-33(28)29)24-15-12-22(34-4)17-19(24)2/h10-15,17H,6-9,16,18H2,1-5H3. The SMILES string of the molecule is CCCN(Cc1ccc(SC)cc1)c1c2c(nc3c(-c4ccc(OC)cc4C)c(C)nn13)CCC2. The van der Waals surface area contributed by atoms with Crippen LogP contribution in [-0.2, 0) is 19.4 Å². The number of hydrogen-bond acceptors (Lipinski definition) is 5. The highest BCUT2D eigenvalue weighted by Crippen LogP contribution is 2.38. The van der Waals surface area contributed by atoms with Crippen LogP contribution in [0.3, 0.4) is 0 Å². The zero-order valence-electron chi connectivity index (χ0n) is 21.4. The molecule has 0 amide bonds. The molecule has 1 aliphatic rings. The summed E-state index contributed by atoms with van der Waals surface area (Å²) in [6.07, 6.45) is 6.45. The summed E-state index contributed by atoms with van der Waals surface area (Å²) in [5.41, 5.74) is 9.37. The first-order chi connectivity index (χ1) is 17.0. The number of rotatable bonds is 8. The third-order valence-corrected chi connectivity index (χ3v) is 7.71. The van der Waals surface area contributed by atoms with Gasteiger partial charge in [0, 0.05) is 34.8 Å². The van der Waals surface area contributed by atoms with Crippen molar-refractivity contribution in [2.24, 2.45) is 0 Å². The summed E-state index contributed by atoms with van der Waals surface area (Å²) < 4.78 is 7.58. The van der Waals surface area contributed by atoms with Crippen LogP contribution >= 0.6 is 11.8 Å². The Morgan fingerprint density at radius 2 is 1.89 bits per heavy atom. The van der Waals surface area contributed by atoms with Crippen LogP contribution in [0.4, 0.5) is 5.82 Å². The van der Waals surface area contributed by atoms with Crippen molar-refractivity contribution in [3.05, 3.63) is 70.5 Å². The molecular formula is C29H34N4OS. The number of benzene rings is 2. The molecule has 0 spiro atoms. The first kappa shape index (κ1) is 23.7. The van der Waals surface area contributed by atoms with Gasteiger partial charge in [-0.05, 0) is 86.7 Å². The third-order valence-electron chi connectivity index (χ3n) is 6.96. The Balaban J connectivity index is 1.67. The van der Waals surface area contributed by atoms with E-state index in [9.17, 15) is 0 Å². The van der Waals surface area contributed by atoms with E-state index in [2.05, 4.69) is 72.8 Å². The van der Waals surface area contributed by atoms with E-state index in [4.69, 9.17) is 14.8 Å². The molecule has 0 saturated carbocycles. The van der Waals surface area contributed by atoms with Gasteiger partial charge in [-0.2, -0.15) is 9.61 Å². The van der Waals surface area contributed by atoms with E-state index in [1.807, 2.05) is 6.07 Å².